The first kappa shape index (κ1) is 14.2. The van der Waals surface area contributed by atoms with Crippen LogP contribution < -0.4 is 0 Å². The fourth-order valence-electron chi connectivity index (χ4n) is 0.534. The van der Waals surface area contributed by atoms with Crippen LogP contribution in [0, 0.1) is 6.92 Å². The van der Waals surface area contributed by atoms with Crippen LogP contribution in [-0.2, 0) is 0 Å². The first-order chi connectivity index (χ1) is 5.39. The van der Waals surface area contributed by atoms with Crippen LogP contribution in [0.2, 0.25) is 0 Å². The quantitative estimate of drug-likeness (QED) is 0.572. The van der Waals surface area contributed by atoms with Crippen molar-refractivity contribution < 1.29 is 0 Å². The maximum Gasteiger partial charge on any atom is 0 e. The second kappa shape index (κ2) is 13.3. The lowest BCUT2D eigenvalue weighted by Gasteiger charge is -1.82. The van der Waals surface area contributed by atoms with E-state index in [0.717, 1.165) is 0 Å². The topological polar surface area (TPSA) is 0 Å². The molecule has 0 atom stereocenters. The van der Waals surface area contributed by atoms with E-state index in [1.54, 1.807) is 0 Å². The Morgan fingerprint density at radius 3 is 1.45 bits per heavy atom. The van der Waals surface area contributed by atoms with Crippen LogP contribution in [0.4, 0.5) is 0 Å². The molecular weight excluding hydrogens is 362 g/mol. The maximum atomic E-state index is 2.12. The highest BCUT2D eigenvalue weighted by molar-refractivity contribution is 15.0. The Bertz CT molecular complexity index is 137. The first-order valence-corrected chi connectivity index (χ1v) is 9.84. The number of aryl methyl sites for hydroxylation is 1. The highest BCUT2D eigenvalue weighted by atomic mass is 128. The zero-order valence-electron chi connectivity index (χ0n) is 7.14. The van der Waals surface area contributed by atoms with E-state index in [2.05, 4.69) is 56.3 Å². The lowest BCUT2D eigenvalue weighted by molar-refractivity contribution is 1.48. The van der Waals surface area contributed by atoms with Gasteiger partial charge in [0, 0.05) is 37.2 Å². The second-order valence-electron chi connectivity index (χ2n) is 1.65. The van der Waals surface area contributed by atoms with E-state index in [4.69, 9.17) is 0 Å². The summed E-state index contributed by atoms with van der Waals surface area (Å²) in [4.78, 5) is 0. The summed E-state index contributed by atoms with van der Waals surface area (Å²) in [5, 5.41) is 0. The van der Waals surface area contributed by atoms with Crippen LogP contribution in [-0.4, -0.2) is 0 Å². The lowest BCUT2D eigenvalue weighted by Crippen LogP contribution is -1.62. The molecule has 0 aliphatic heterocycles. The zero-order valence-corrected chi connectivity index (χ0v) is 11.5. The van der Waals surface area contributed by atoms with Crippen LogP contribution in [0.1, 0.15) is 19.4 Å². The second-order valence-corrected chi connectivity index (χ2v) is 1.65. The summed E-state index contributed by atoms with van der Waals surface area (Å²) in [6.07, 6.45) is 0. The number of hydrogen-bond donors (Lipinski definition) is 0. The van der Waals surface area contributed by atoms with Gasteiger partial charge in [0.15, 0.2) is 0 Å². The highest BCUT2D eigenvalue weighted by Crippen LogP contribution is 1.92. The summed E-state index contributed by atoms with van der Waals surface area (Å²) in [6, 6.07) is 10.3. The molecule has 0 unspecified atom stereocenters. The molecule has 0 bridgehead atoms. The van der Waals surface area contributed by atoms with Crippen molar-refractivity contribution in [1.82, 2.24) is 0 Å². The largest absolute Gasteiger partial charge is 0.0683 e. The molecule has 0 fully saturated rings. The van der Waals surface area contributed by atoms with E-state index < -0.39 is 0 Å². The van der Waals surface area contributed by atoms with Gasteiger partial charge in [-0.2, -0.15) is 0 Å². The molecule has 0 aliphatic carbocycles. The third kappa shape index (κ3) is 10.7. The molecular formula is C9H14I2. The number of benzene rings is 1. The van der Waals surface area contributed by atoms with Gasteiger partial charge in [-0.1, -0.05) is 49.7 Å². The first-order valence-electron chi connectivity index (χ1n) is 3.55. The van der Waals surface area contributed by atoms with Crippen molar-refractivity contribution in [3.8, 4) is 0 Å². The van der Waals surface area contributed by atoms with Gasteiger partial charge in [-0.05, 0) is 6.92 Å². The summed E-state index contributed by atoms with van der Waals surface area (Å²) in [5.41, 5.74) is 1.32. The van der Waals surface area contributed by atoms with Crippen LogP contribution in [0.15, 0.2) is 30.3 Å². The summed E-state index contributed by atoms with van der Waals surface area (Å²) in [6.45, 7) is 6.08. The summed E-state index contributed by atoms with van der Waals surface area (Å²) >= 11 is 4.24. The molecule has 0 aromatic heterocycles. The van der Waals surface area contributed by atoms with Gasteiger partial charge in [0.2, 0.25) is 0 Å². The van der Waals surface area contributed by atoms with E-state index in [9.17, 15) is 0 Å². The van der Waals surface area contributed by atoms with Gasteiger partial charge in [-0.25, -0.2) is 0 Å². The third-order valence-corrected chi connectivity index (χ3v) is 0.940. The van der Waals surface area contributed by atoms with Crippen molar-refractivity contribution in [2.24, 2.45) is 0 Å². The van der Waals surface area contributed by atoms with E-state index >= 15 is 0 Å². The van der Waals surface area contributed by atoms with Gasteiger partial charge in [0.1, 0.15) is 0 Å². The minimum Gasteiger partial charge on any atom is -0.0683 e. The molecule has 2 heteroatoms. The predicted molar refractivity (Wildman–Crippen MR) is 70.6 cm³/mol. The monoisotopic (exact) mass is 376 g/mol. The van der Waals surface area contributed by atoms with E-state index in [-0.39, 0.29) is 0 Å². The molecule has 1 rings (SSSR count). The highest BCUT2D eigenvalue weighted by Gasteiger charge is 1.72. The minimum atomic E-state index is 1.32. The van der Waals surface area contributed by atoms with Crippen molar-refractivity contribution in [2.45, 2.75) is 20.8 Å². The van der Waals surface area contributed by atoms with Crippen molar-refractivity contribution in [3.63, 3.8) is 0 Å². The van der Waals surface area contributed by atoms with Crippen LogP contribution in [0.25, 0.3) is 0 Å². The molecule has 11 heavy (non-hydrogen) atoms. The number of hydrogen-bond acceptors (Lipinski definition) is 0. The molecule has 0 heterocycles. The van der Waals surface area contributed by atoms with Crippen molar-refractivity contribution in [1.29, 1.82) is 0 Å². The summed E-state index contributed by atoms with van der Waals surface area (Å²) in [5.74, 6) is 0. The van der Waals surface area contributed by atoms with Crippen LogP contribution in [0.3, 0.4) is 0 Å². The fraction of sp³-hybridized carbons (Fsp3) is 0.333. The minimum absolute atomic E-state index is 1.32. The number of halogens is 2. The SMILES string of the molecule is CC.Cc1ccccc1.II. The molecule has 0 radical (unpaired) electrons. The fourth-order valence-corrected chi connectivity index (χ4v) is 0.534. The van der Waals surface area contributed by atoms with E-state index in [1.807, 2.05) is 32.0 Å². The molecule has 64 valence electrons. The Morgan fingerprint density at radius 1 is 0.909 bits per heavy atom. The Labute approximate surface area is 93.1 Å². The molecule has 0 saturated carbocycles. The predicted octanol–water partition coefficient (Wildman–Crippen LogP) is 4.79. The standard InChI is InChI=1S/C7H8.C2H6.I2/c1-7-5-3-2-4-6-7;2*1-2/h2-6H,1H3;1-2H3;. The van der Waals surface area contributed by atoms with Gasteiger partial charge < -0.3 is 0 Å². The van der Waals surface area contributed by atoms with E-state index in [0.29, 0.717) is 0 Å². The van der Waals surface area contributed by atoms with Crippen LogP contribution >= 0.6 is 37.2 Å². The molecule has 1 aromatic rings. The molecule has 0 N–H and O–H groups in total. The summed E-state index contributed by atoms with van der Waals surface area (Å²) < 4.78 is 0. The van der Waals surface area contributed by atoms with Crippen molar-refractivity contribution in [2.75, 3.05) is 0 Å². The molecule has 0 saturated heterocycles. The van der Waals surface area contributed by atoms with Gasteiger partial charge in [-0.15, -0.1) is 0 Å². The van der Waals surface area contributed by atoms with Crippen LogP contribution in [0.5, 0.6) is 0 Å². The molecule has 0 nitrogen and oxygen atoms in total. The Kier molecular flexibility index (Phi) is 17.2. The average Bonchev–Trinajstić information content (AvgIpc) is 2.13. The lowest BCUT2D eigenvalue weighted by atomic mass is 10.2. The Morgan fingerprint density at radius 2 is 1.27 bits per heavy atom. The molecule has 0 amide bonds. The van der Waals surface area contributed by atoms with Crippen molar-refractivity contribution >= 4 is 37.2 Å². The van der Waals surface area contributed by atoms with Crippen molar-refractivity contribution in [3.05, 3.63) is 35.9 Å². The van der Waals surface area contributed by atoms with Gasteiger partial charge in [0.05, 0.1) is 0 Å². The van der Waals surface area contributed by atoms with Gasteiger partial charge in [-0.3, -0.25) is 0 Å². The molecule has 1 aromatic carbocycles. The Balaban J connectivity index is 0. The van der Waals surface area contributed by atoms with Gasteiger partial charge in [0.25, 0.3) is 0 Å². The number of rotatable bonds is 0. The average molecular weight is 376 g/mol. The smallest absolute Gasteiger partial charge is 0 e. The molecule has 0 spiro atoms. The zero-order chi connectivity index (χ0) is 9.11. The maximum absolute atomic E-state index is 2.12. The van der Waals surface area contributed by atoms with Gasteiger partial charge >= 0.3 is 0 Å². The third-order valence-electron chi connectivity index (χ3n) is 0.940. The molecule has 0 aliphatic rings. The summed E-state index contributed by atoms with van der Waals surface area (Å²) in [7, 11) is 0. The normalized spacial score (nSPS) is 6.64. The Hall–Kier alpha value is 0.680. The van der Waals surface area contributed by atoms with E-state index in [1.165, 1.54) is 5.56 Å².